The standard InChI is InChI=1S/C17H24N2/c1-12-6-8-14(9-7-12)15-13(2)10-11-18-16(15)19-17(3,4)5/h6-9H,10-11H2,1-5H3,(H,18,19). The van der Waals surface area contributed by atoms with Gasteiger partial charge in [-0.3, -0.25) is 4.99 Å². The molecule has 1 N–H and O–H groups in total. The zero-order valence-electron chi connectivity index (χ0n) is 12.7. The normalized spacial score (nSPS) is 16.4. The van der Waals surface area contributed by atoms with E-state index in [0.29, 0.717) is 0 Å². The molecule has 0 fully saturated rings. The molecular formula is C17H24N2. The van der Waals surface area contributed by atoms with Crippen LogP contribution in [0.4, 0.5) is 0 Å². The van der Waals surface area contributed by atoms with Crippen molar-refractivity contribution < 1.29 is 0 Å². The molecule has 0 atom stereocenters. The molecule has 1 aromatic carbocycles. The first kappa shape index (κ1) is 13.9. The number of hydrogen-bond acceptors (Lipinski definition) is 2. The Kier molecular flexibility index (Phi) is 3.79. The summed E-state index contributed by atoms with van der Waals surface area (Å²) < 4.78 is 0. The van der Waals surface area contributed by atoms with E-state index >= 15 is 0 Å². The van der Waals surface area contributed by atoms with Crippen molar-refractivity contribution >= 4 is 11.4 Å². The molecule has 0 saturated carbocycles. The lowest BCUT2D eigenvalue weighted by molar-refractivity contribution is 0.511. The van der Waals surface area contributed by atoms with Crippen molar-refractivity contribution in [3.8, 4) is 0 Å². The smallest absolute Gasteiger partial charge is 0.129 e. The maximum atomic E-state index is 4.69. The average Bonchev–Trinajstić information content (AvgIpc) is 2.29. The van der Waals surface area contributed by atoms with Crippen LogP contribution in [0.1, 0.15) is 45.2 Å². The van der Waals surface area contributed by atoms with Crippen molar-refractivity contribution in [1.29, 1.82) is 0 Å². The Morgan fingerprint density at radius 3 is 2.26 bits per heavy atom. The van der Waals surface area contributed by atoms with Crippen molar-refractivity contribution in [1.82, 2.24) is 5.32 Å². The van der Waals surface area contributed by atoms with E-state index in [0.717, 1.165) is 18.8 Å². The third kappa shape index (κ3) is 3.46. The van der Waals surface area contributed by atoms with Gasteiger partial charge in [-0.15, -0.1) is 0 Å². The largest absolute Gasteiger partial charge is 0.365 e. The molecule has 19 heavy (non-hydrogen) atoms. The Balaban J connectivity index is 2.39. The lowest BCUT2D eigenvalue weighted by Gasteiger charge is -2.28. The summed E-state index contributed by atoms with van der Waals surface area (Å²) >= 11 is 0. The first-order chi connectivity index (χ1) is 8.87. The van der Waals surface area contributed by atoms with Crippen LogP contribution in [0.3, 0.4) is 0 Å². The predicted octanol–water partition coefficient (Wildman–Crippen LogP) is 3.96. The first-order valence-electron chi connectivity index (χ1n) is 6.96. The molecule has 102 valence electrons. The monoisotopic (exact) mass is 256 g/mol. The Morgan fingerprint density at radius 1 is 1.05 bits per heavy atom. The molecule has 0 aliphatic carbocycles. The summed E-state index contributed by atoms with van der Waals surface area (Å²) in [5.41, 5.74) is 5.29. The minimum absolute atomic E-state index is 0.0341. The molecule has 1 aromatic rings. The van der Waals surface area contributed by atoms with Gasteiger partial charge in [-0.25, -0.2) is 0 Å². The van der Waals surface area contributed by atoms with Crippen molar-refractivity contribution in [3.05, 3.63) is 41.0 Å². The van der Waals surface area contributed by atoms with Crippen LogP contribution in [-0.2, 0) is 0 Å². The molecule has 0 amide bonds. The molecule has 0 aromatic heterocycles. The number of nitrogens with one attached hydrogen (secondary N) is 1. The van der Waals surface area contributed by atoms with Gasteiger partial charge in [0.25, 0.3) is 0 Å². The molecule has 2 heteroatoms. The highest BCUT2D eigenvalue weighted by atomic mass is 15.0. The Hall–Kier alpha value is -1.57. The number of nitrogens with zero attached hydrogens (tertiary/aromatic N) is 1. The predicted molar refractivity (Wildman–Crippen MR) is 83.6 cm³/mol. The Bertz CT molecular complexity index is 513. The summed E-state index contributed by atoms with van der Waals surface area (Å²) in [7, 11) is 0. The summed E-state index contributed by atoms with van der Waals surface area (Å²) in [6, 6.07) is 8.72. The molecule has 1 aliphatic heterocycles. The minimum atomic E-state index is 0.0341. The topological polar surface area (TPSA) is 24.4 Å². The summed E-state index contributed by atoms with van der Waals surface area (Å²) in [6.45, 7) is 11.7. The van der Waals surface area contributed by atoms with Gasteiger partial charge in [0.05, 0.1) is 0 Å². The number of aryl methyl sites for hydroxylation is 1. The van der Waals surface area contributed by atoms with Gasteiger partial charge in [0.1, 0.15) is 5.84 Å². The number of hydrogen-bond donors (Lipinski definition) is 1. The van der Waals surface area contributed by atoms with Crippen molar-refractivity contribution in [2.45, 2.75) is 46.6 Å². The second-order valence-corrected chi connectivity index (χ2v) is 6.38. The summed E-state index contributed by atoms with van der Waals surface area (Å²) in [4.78, 5) is 4.69. The average molecular weight is 256 g/mol. The van der Waals surface area contributed by atoms with E-state index < -0.39 is 0 Å². The number of dihydropyridines is 1. The maximum absolute atomic E-state index is 4.69. The van der Waals surface area contributed by atoms with Gasteiger partial charge in [-0.05, 0) is 46.6 Å². The molecule has 0 spiro atoms. The number of amidine groups is 1. The fraction of sp³-hybridized carbons (Fsp3) is 0.471. The molecule has 0 radical (unpaired) electrons. The van der Waals surface area contributed by atoms with E-state index in [-0.39, 0.29) is 5.54 Å². The highest BCUT2D eigenvalue weighted by Gasteiger charge is 2.21. The molecule has 1 aliphatic rings. The quantitative estimate of drug-likeness (QED) is 0.808. The third-order valence-electron chi connectivity index (χ3n) is 3.25. The maximum Gasteiger partial charge on any atom is 0.129 e. The van der Waals surface area contributed by atoms with Crippen LogP contribution in [0.15, 0.2) is 34.8 Å². The van der Waals surface area contributed by atoms with E-state index in [4.69, 9.17) is 4.99 Å². The van der Waals surface area contributed by atoms with Gasteiger partial charge in [0.15, 0.2) is 0 Å². The van der Waals surface area contributed by atoms with Gasteiger partial charge in [0, 0.05) is 17.7 Å². The summed E-state index contributed by atoms with van der Waals surface area (Å²) in [5.74, 6) is 1.04. The third-order valence-corrected chi connectivity index (χ3v) is 3.25. The van der Waals surface area contributed by atoms with E-state index in [2.05, 4.69) is 64.2 Å². The lowest BCUT2D eigenvalue weighted by Crippen LogP contribution is -2.42. The fourth-order valence-electron chi connectivity index (χ4n) is 2.30. The first-order valence-corrected chi connectivity index (χ1v) is 6.96. The second-order valence-electron chi connectivity index (χ2n) is 6.38. The zero-order chi connectivity index (χ0) is 14.0. The van der Waals surface area contributed by atoms with Gasteiger partial charge in [-0.1, -0.05) is 35.4 Å². The van der Waals surface area contributed by atoms with Gasteiger partial charge >= 0.3 is 0 Å². The summed E-state index contributed by atoms with van der Waals surface area (Å²) in [6.07, 6.45) is 1.05. The molecule has 0 bridgehead atoms. The molecule has 2 nitrogen and oxygen atoms in total. The van der Waals surface area contributed by atoms with Crippen LogP contribution < -0.4 is 5.32 Å². The van der Waals surface area contributed by atoms with E-state index in [1.54, 1.807) is 0 Å². The van der Waals surface area contributed by atoms with Gasteiger partial charge in [0.2, 0.25) is 0 Å². The second kappa shape index (κ2) is 5.20. The van der Waals surface area contributed by atoms with Gasteiger partial charge in [-0.2, -0.15) is 0 Å². The molecule has 2 rings (SSSR count). The van der Waals surface area contributed by atoms with Crippen LogP contribution in [-0.4, -0.2) is 17.9 Å². The summed E-state index contributed by atoms with van der Waals surface area (Å²) in [5, 5.41) is 3.54. The van der Waals surface area contributed by atoms with E-state index in [1.165, 1.54) is 22.3 Å². The zero-order valence-corrected chi connectivity index (χ0v) is 12.7. The Morgan fingerprint density at radius 2 is 1.68 bits per heavy atom. The fourth-order valence-corrected chi connectivity index (χ4v) is 2.30. The van der Waals surface area contributed by atoms with Crippen LogP contribution in [0.5, 0.6) is 0 Å². The van der Waals surface area contributed by atoms with Crippen LogP contribution in [0.2, 0.25) is 0 Å². The van der Waals surface area contributed by atoms with Crippen molar-refractivity contribution in [2.24, 2.45) is 4.99 Å². The highest BCUT2D eigenvalue weighted by molar-refractivity contribution is 6.24. The van der Waals surface area contributed by atoms with E-state index in [1.807, 2.05) is 0 Å². The molecule has 0 unspecified atom stereocenters. The lowest BCUT2D eigenvalue weighted by atomic mass is 9.94. The SMILES string of the molecule is CC1=C(c2ccc(C)cc2)C(NC(C)(C)C)=NCC1. The van der Waals surface area contributed by atoms with E-state index in [9.17, 15) is 0 Å². The Labute approximate surface area is 116 Å². The van der Waals surface area contributed by atoms with Crippen LogP contribution >= 0.6 is 0 Å². The number of rotatable bonds is 1. The molecule has 0 saturated heterocycles. The van der Waals surface area contributed by atoms with Crippen molar-refractivity contribution in [2.75, 3.05) is 6.54 Å². The minimum Gasteiger partial charge on any atom is -0.365 e. The number of aliphatic imine (C=N–C) groups is 1. The van der Waals surface area contributed by atoms with Crippen molar-refractivity contribution in [3.63, 3.8) is 0 Å². The van der Waals surface area contributed by atoms with Crippen LogP contribution in [0, 0.1) is 6.92 Å². The molecular weight excluding hydrogens is 232 g/mol. The number of benzene rings is 1. The molecule has 1 heterocycles. The highest BCUT2D eigenvalue weighted by Crippen LogP contribution is 2.26. The van der Waals surface area contributed by atoms with Gasteiger partial charge < -0.3 is 5.32 Å². The van der Waals surface area contributed by atoms with Crippen LogP contribution in [0.25, 0.3) is 5.57 Å².